The van der Waals surface area contributed by atoms with E-state index in [2.05, 4.69) is 11.9 Å². The van der Waals surface area contributed by atoms with Gasteiger partial charge in [0.2, 0.25) is 5.91 Å². The highest BCUT2D eigenvalue weighted by molar-refractivity contribution is 7.86. The average Bonchev–Trinajstić information content (AvgIpc) is 2.58. The lowest BCUT2D eigenvalue weighted by Gasteiger charge is -2.51. The molecule has 8 nitrogen and oxygen atoms in total. The van der Waals surface area contributed by atoms with Gasteiger partial charge in [-0.05, 0) is 17.7 Å². The van der Waals surface area contributed by atoms with Gasteiger partial charge in [-0.1, -0.05) is 24.8 Å². The molecular formula is C16H16N2O6S. The molecule has 3 rings (SSSR count). The second-order valence-corrected chi connectivity index (χ2v) is 7.24. The minimum atomic E-state index is -1.52. The van der Waals surface area contributed by atoms with Gasteiger partial charge >= 0.3 is 5.97 Å². The van der Waals surface area contributed by atoms with Gasteiger partial charge in [-0.25, -0.2) is 4.79 Å². The summed E-state index contributed by atoms with van der Waals surface area (Å²) >= 11 is 0. The van der Waals surface area contributed by atoms with Crippen LogP contribution in [-0.4, -0.2) is 61.8 Å². The Balaban J connectivity index is 1.63. The summed E-state index contributed by atoms with van der Waals surface area (Å²) in [6, 6.07) is 6.46. The molecule has 2 amide bonds. The van der Waals surface area contributed by atoms with Crippen LogP contribution in [0.1, 0.15) is 0 Å². The Morgan fingerprint density at radius 1 is 1.36 bits per heavy atom. The van der Waals surface area contributed by atoms with Crippen LogP contribution in [0.2, 0.25) is 0 Å². The average molecular weight is 364 g/mol. The standard InChI is InChI=1S/C16H16N2O6S/c1-9-8-25(23)15-12(14(20)18(15)13(9)16(21)22)17-11(19)7-24-10-5-3-2-4-6-10/h2-6,12-13,15H,1,7-8H2,(H,17,19)(H,21,22)/t12?,13?,15-,25?/m0/s1. The Labute approximate surface area is 145 Å². The van der Waals surface area contributed by atoms with E-state index in [9.17, 15) is 23.7 Å². The molecular weight excluding hydrogens is 348 g/mol. The molecule has 0 saturated carbocycles. The van der Waals surface area contributed by atoms with E-state index in [-0.39, 0.29) is 17.9 Å². The normalized spacial score (nSPS) is 27.9. The monoisotopic (exact) mass is 364 g/mol. The first-order valence-electron chi connectivity index (χ1n) is 7.47. The van der Waals surface area contributed by atoms with Crippen LogP contribution < -0.4 is 10.1 Å². The summed E-state index contributed by atoms with van der Waals surface area (Å²) in [5, 5.41) is 10.9. The number of rotatable bonds is 5. The molecule has 0 aliphatic carbocycles. The molecule has 4 atom stereocenters. The van der Waals surface area contributed by atoms with E-state index in [0.29, 0.717) is 5.75 Å². The Kier molecular flexibility index (Phi) is 4.58. The fourth-order valence-corrected chi connectivity index (χ4v) is 4.55. The summed E-state index contributed by atoms with van der Waals surface area (Å²) < 4.78 is 17.5. The van der Waals surface area contributed by atoms with Crippen molar-refractivity contribution in [3.63, 3.8) is 0 Å². The zero-order valence-electron chi connectivity index (χ0n) is 13.1. The number of carboxylic acids is 1. The van der Waals surface area contributed by atoms with Crippen LogP contribution in [0.5, 0.6) is 5.75 Å². The number of benzene rings is 1. The minimum absolute atomic E-state index is 0.0156. The molecule has 2 saturated heterocycles. The summed E-state index contributed by atoms with van der Waals surface area (Å²) in [6.45, 7) is 3.29. The number of amides is 2. The zero-order valence-corrected chi connectivity index (χ0v) is 13.9. The summed E-state index contributed by atoms with van der Waals surface area (Å²) in [5.41, 5.74) is 0.215. The summed E-state index contributed by atoms with van der Waals surface area (Å²) in [6.07, 6.45) is 0. The van der Waals surface area contributed by atoms with Crippen molar-refractivity contribution in [1.29, 1.82) is 0 Å². The molecule has 0 bridgehead atoms. The maximum atomic E-state index is 12.2. The second kappa shape index (κ2) is 6.67. The number of hydrogen-bond acceptors (Lipinski definition) is 5. The number of carboxylic acid groups (broad SMARTS) is 1. The lowest BCUT2D eigenvalue weighted by atomic mass is 9.98. The van der Waals surface area contributed by atoms with Crippen molar-refractivity contribution in [3.05, 3.63) is 42.5 Å². The van der Waals surface area contributed by atoms with Crippen molar-refractivity contribution in [2.24, 2.45) is 0 Å². The van der Waals surface area contributed by atoms with Gasteiger partial charge in [-0.3, -0.25) is 13.8 Å². The number of nitrogens with one attached hydrogen (secondary N) is 1. The van der Waals surface area contributed by atoms with E-state index in [1.165, 1.54) is 0 Å². The molecule has 132 valence electrons. The topological polar surface area (TPSA) is 113 Å². The van der Waals surface area contributed by atoms with Crippen LogP contribution in [0.4, 0.5) is 0 Å². The molecule has 0 radical (unpaired) electrons. The first-order chi connectivity index (χ1) is 11.9. The number of aliphatic carboxylic acids is 1. The number of β-lactam (4-membered cyclic amide) rings is 1. The third-order valence-electron chi connectivity index (χ3n) is 4.01. The van der Waals surface area contributed by atoms with E-state index >= 15 is 0 Å². The maximum absolute atomic E-state index is 12.2. The number of ether oxygens (including phenoxy) is 1. The molecule has 2 aliphatic rings. The van der Waals surface area contributed by atoms with Crippen LogP contribution in [0.3, 0.4) is 0 Å². The predicted molar refractivity (Wildman–Crippen MR) is 88.1 cm³/mol. The highest BCUT2D eigenvalue weighted by Gasteiger charge is 2.59. The van der Waals surface area contributed by atoms with Gasteiger partial charge in [0, 0.05) is 5.75 Å². The molecule has 2 N–H and O–H groups in total. The number of nitrogens with zero attached hydrogens (tertiary/aromatic N) is 1. The molecule has 2 fully saturated rings. The number of carbonyl (C=O) groups excluding carboxylic acids is 2. The summed E-state index contributed by atoms with van der Waals surface area (Å²) in [5.74, 6) is -1.87. The lowest BCUT2D eigenvalue weighted by Crippen LogP contribution is -2.77. The number of carbonyl (C=O) groups is 3. The van der Waals surface area contributed by atoms with Gasteiger partial charge in [0.15, 0.2) is 12.6 Å². The maximum Gasteiger partial charge on any atom is 0.330 e. The second-order valence-electron chi connectivity index (χ2n) is 5.71. The van der Waals surface area contributed by atoms with Crippen molar-refractivity contribution in [1.82, 2.24) is 10.2 Å². The summed E-state index contributed by atoms with van der Waals surface area (Å²) in [4.78, 5) is 36.6. The zero-order chi connectivity index (χ0) is 18.1. The van der Waals surface area contributed by atoms with E-state index in [1.807, 2.05) is 0 Å². The molecule has 3 unspecified atom stereocenters. The molecule has 2 heterocycles. The molecule has 9 heteroatoms. The lowest BCUT2D eigenvalue weighted by molar-refractivity contribution is -0.160. The third-order valence-corrected chi connectivity index (χ3v) is 5.70. The van der Waals surface area contributed by atoms with Crippen molar-refractivity contribution in [2.45, 2.75) is 17.5 Å². The smallest absolute Gasteiger partial charge is 0.330 e. The van der Waals surface area contributed by atoms with Crippen molar-refractivity contribution in [3.8, 4) is 5.75 Å². The highest BCUT2D eigenvalue weighted by Crippen LogP contribution is 2.34. The van der Waals surface area contributed by atoms with E-state index in [1.54, 1.807) is 30.3 Å². The van der Waals surface area contributed by atoms with Crippen molar-refractivity contribution in [2.75, 3.05) is 12.4 Å². The van der Waals surface area contributed by atoms with E-state index in [0.717, 1.165) is 4.90 Å². The van der Waals surface area contributed by atoms with Gasteiger partial charge in [0.05, 0.1) is 10.8 Å². The quantitative estimate of drug-likeness (QED) is 0.537. The van der Waals surface area contributed by atoms with Gasteiger partial charge < -0.3 is 20.1 Å². The molecule has 1 aromatic rings. The first kappa shape index (κ1) is 17.2. The Bertz CT molecular complexity index is 765. The Morgan fingerprint density at radius 3 is 2.68 bits per heavy atom. The number of para-hydroxylation sites is 1. The minimum Gasteiger partial charge on any atom is -0.484 e. The first-order valence-corrected chi connectivity index (χ1v) is 8.85. The highest BCUT2D eigenvalue weighted by atomic mass is 32.2. The predicted octanol–water partition coefficient (Wildman–Crippen LogP) is -0.510. The fraction of sp³-hybridized carbons (Fsp3) is 0.312. The van der Waals surface area contributed by atoms with Gasteiger partial charge in [-0.2, -0.15) is 0 Å². The molecule has 0 aromatic heterocycles. The van der Waals surface area contributed by atoms with Gasteiger partial charge in [0.1, 0.15) is 17.2 Å². The molecule has 2 aliphatic heterocycles. The number of hydrogen-bond donors (Lipinski definition) is 2. The van der Waals surface area contributed by atoms with Crippen molar-refractivity contribution >= 4 is 28.6 Å². The fourth-order valence-electron chi connectivity index (χ4n) is 2.89. The van der Waals surface area contributed by atoms with Crippen molar-refractivity contribution < 1.29 is 28.4 Å². The Morgan fingerprint density at radius 2 is 2.04 bits per heavy atom. The third kappa shape index (κ3) is 3.14. The SMILES string of the molecule is C=C1CS(=O)[C@H]2C(NC(=O)COc3ccccc3)C(=O)N2C1C(=O)O. The largest absolute Gasteiger partial charge is 0.484 e. The molecule has 25 heavy (non-hydrogen) atoms. The summed E-state index contributed by atoms with van der Waals surface area (Å²) in [7, 11) is -1.52. The van der Waals surface area contributed by atoms with E-state index in [4.69, 9.17) is 4.74 Å². The number of fused-ring (bicyclic) bond motifs is 1. The van der Waals surface area contributed by atoms with Crippen LogP contribution in [-0.2, 0) is 25.2 Å². The Hall–Kier alpha value is -2.68. The van der Waals surface area contributed by atoms with Crippen LogP contribution in [0.25, 0.3) is 0 Å². The van der Waals surface area contributed by atoms with Crippen LogP contribution in [0, 0.1) is 0 Å². The van der Waals surface area contributed by atoms with Crippen LogP contribution in [0.15, 0.2) is 42.5 Å². The van der Waals surface area contributed by atoms with E-state index < -0.39 is 46.0 Å². The van der Waals surface area contributed by atoms with Gasteiger partial charge in [0.25, 0.3) is 5.91 Å². The molecule has 0 spiro atoms. The molecule has 1 aromatic carbocycles. The van der Waals surface area contributed by atoms with Gasteiger partial charge in [-0.15, -0.1) is 0 Å². The van der Waals surface area contributed by atoms with Crippen LogP contribution >= 0.6 is 0 Å².